The number of hydrogen-bond donors (Lipinski definition) is 2. The molecule has 1 heterocycles. The van der Waals surface area contributed by atoms with E-state index in [2.05, 4.69) is 10.3 Å². The zero-order valence-corrected chi connectivity index (χ0v) is 15.9. The highest BCUT2D eigenvalue weighted by Crippen LogP contribution is 2.31. The number of nitrogens with one attached hydrogen (secondary N) is 1. The van der Waals surface area contributed by atoms with Gasteiger partial charge in [0.15, 0.2) is 5.16 Å². The number of primary amides is 1. The Morgan fingerprint density at radius 3 is 2.76 bits per heavy atom. The first-order valence-electron chi connectivity index (χ1n) is 7.75. The van der Waals surface area contributed by atoms with Gasteiger partial charge in [0, 0.05) is 18.7 Å². The lowest BCUT2D eigenvalue weighted by atomic mass is 10.1. The number of urea groups is 1. The molecule has 1 unspecified atom stereocenters. The van der Waals surface area contributed by atoms with Crippen molar-refractivity contribution in [1.29, 1.82) is 0 Å². The predicted molar refractivity (Wildman–Crippen MR) is 98.8 cm³/mol. The van der Waals surface area contributed by atoms with Crippen LogP contribution in [-0.2, 0) is 16.1 Å². The van der Waals surface area contributed by atoms with E-state index >= 15 is 0 Å². The van der Waals surface area contributed by atoms with Crippen LogP contribution in [0.1, 0.15) is 13.8 Å². The molecule has 136 valence electrons. The van der Waals surface area contributed by atoms with Gasteiger partial charge in [-0.1, -0.05) is 37.2 Å². The Morgan fingerprint density at radius 2 is 2.16 bits per heavy atom. The summed E-state index contributed by atoms with van der Waals surface area (Å²) < 4.78 is 7.15. The largest absolute Gasteiger partial charge is 0.383 e. The Labute approximate surface area is 155 Å². The lowest BCUT2D eigenvalue weighted by molar-refractivity contribution is -0.120. The van der Waals surface area contributed by atoms with E-state index in [-0.39, 0.29) is 5.92 Å². The number of imide groups is 1. The highest BCUT2D eigenvalue weighted by atomic mass is 35.5. The number of nitrogens with two attached hydrogens (primary N) is 1. The second-order valence-electron chi connectivity index (χ2n) is 5.81. The van der Waals surface area contributed by atoms with Crippen molar-refractivity contribution in [2.75, 3.05) is 13.7 Å². The van der Waals surface area contributed by atoms with Gasteiger partial charge in [-0.3, -0.25) is 10.1 Å². The molecule has 0 aliphatic carbocycles. The maximum absolute atomic E-state index is 12.3. The molecular weight excluding hydrogens is 364 g/mol. The van der Waals surface area contributed by atoms with E-state index in [9.17, 15) is 9.59 Å². The number of ether oxygens (including phenoxy) is 1. The lowest BCUT2D eigenvalue weighted by Crippen LogP contribution is -2.42. The third-order valence-corrected chi connectivity index (χ3v) is 5.31. The minimum Gasteiger partial charge on any atom is -0.383 e. The average Bonchev–Trinajstić information content (AvgIpc) is 2.85. The van der Waals surface area contributed by atoms with E-state index in [0.717, 1.165) is 11.0 Å². The van der Waals surface area contributed by atoms with E-state index in [1.807, 2.05) is 24.5 Å². The number of fused-ring (bicyclic) bond motifs is 1. The van der Waals surface area contributed by atoms with Gasteiger partial charge in [0.05, 0.1) is 22.9 Å². The van der Waals surface area contributed by atoms with E-state index < -0.39 is 17.2 Å². The van der Waals surface area contributed by atoms with Crippen LogP contribution in [0.3, 0.4) is 0 Å². The topological polar surface area (TPSA) is 99.2 Å². The maximum Gasteiger partial charge on any atom is 0.318 e. The maximum atomic E-state index is 12.3. The third-order valence-electron chi connectivity index (χ3n) is 3.54. The van der Waals surface area contributed by atoms with Crippen LogP contribution < -0.4 is 11.1 Å². The molecule has 0 aliphatic rings. The van der Waals surface area contributed by atoms with E-state index in [4.69, 9.17) is 22.1 Å². The van der Waals surface area contributed by atoms with Crippen LogP contribution in [0.5, 0.6) is 0 Å². The van der Waals surface area contributed by atoms with Crippen LogP contribution in [0.25, 0.3) is 11.0 Å². The molecular formula is C16H21ClN4O3S. The summed E-state index contributed by atoms with van der Waals surface area (Å²) in [7, 11) is 1.63. The van der Waals surface area contributed by atoms with Gasteiger partial charge in [-0.2, -0.15) is 0 Å². The molecule has 3 N–H and O–H groups in total. The minimum atomic E-state index is -0.865. The first-order valence-corrected chi connectivity index (χ1v) is 9.01. The van der Waals surface area contributed by atoms with Crippen LogP contribution in [0.15, 0.2) is 23.4 Å². The Balaban J connectivity index is 2.39. The van der Waals surface area contributed by atoms with Crippen molar-refractivity contribution >= 4 is 46.3 Å². The standard InChI is InChI=1S/C16H21ClN4O3S/c1-9(2)13(14(22)20-15(18)23)25-16-19-11-8-10(17)4-5-12(11)21(16)6-7-24-3/h4-5,8-9,13H,6-7H2,1-3H3,(H3,18,20,22,23). The van der Waals surface area contributed by atoms with Gasteiger partial charge >= 0.3 is 6.03 Å². The normalized spacial score (nSPS) is 12.5. The number of rotatable bonds is 7. The fourth-order valence-corrected chi connectivity index (χ4v) is 3.67. The summed E-state index contributed by atoms with van der Waals surface area (Å²) in [6.07, 6.45) is 0. The molecule has 0 spiro atoms. The molecule has 3 amide bonds. The SMILES string of the molecule is COCCn1c(SC(C(=O)NC(N)=O)C(C)C)nc2cc(Cl)ccc21. The highest BCUT2D eigenvalue weighted by molar-refractivity contribution is 8.00. The third kappa shape index (κ3) is 4.87. The molecule has 7 nitrogen and oxygen atoms in total. The molecule has 2 rings (SSSR count). The van der Waals surface area contributed by atoms with Gasteiger partial charge in [0.1, 0.15) is 0 Å². The molecule has 0 saturated heterocycles. The average molecular weight is 385 g/mol. The van der Waals surface area contributed by atoms with E-state index in [0.29, 0.717) is 23.3 Å². The van der Waals surface area contributed by atoms with E-state index in [1.165, 1.54) is 11.8 Å². The second kappa shape index (κ2) is 8.55. The summed E-state index contributed by atoms with van der Waals surface area (Å²) in [6.45, 7) is 4.88. The number of carbonyl (C=O) groups is 2. The van der Waals surface area contributed by atoms with Crippen molar-refractivity contribution in [2.45, 2.75) is 30.8 Å². The summed E-state index contributed by atoms with van der Waals surface area (Å²) in [5.74, 6) is -0.459. The van der Waals surface area contributed by atoms with Crippen molar-refractivity contribution in [2.24, 2.45) is 11.7 Å². The summed E-state index contributed by atoms with van der Waals surface area (Å²) in [5, 5.41) is 2.88. The molecule has 0 fully saturated rings. The van der Waals surface area contributed by atoms with Gasteiger partial charge in [-0.25, -0.2) is 9.78 Å². The number of hydrogen-bond acceptors (Lipinski definition) is 5. The summed E-state index contributed by atoms with van der Waals surface area (Å²) >= 11 is 7.34. The summed E-state index contributed by atoms with van der Waals surface area (Å²) in [4.78, 5) is 27.9. The zero-order chi connectivity index (χ0) is 18.6. The van der Waals surface area contributed by atoms with Crippen LogP contribution in [0.2, 0.25) is 5.02 Å². The Bertz CT molecular complexity index is 778. The molecule has 9 heteroatoms. The van der Waals surface area contributed by atoms with Crippen LogP contribution in [0, 0.1) is 5.92 Å². The van der Waals surface area contributed by atoms with Crippen molar-refractivity contribution in [3.8, 4) is 0 Å². The van der Waals surface area contributed by atoms with Crippen LogP contribution in [0.4, 0.5) is 4.79 Å². The second-order valence-corrected chi connectivity index (χ2v) is 7.35. The number of benzene rings is 1. The van der Waals surface area contributed by atoms with Gasteiger partial charge in [-0.05, 0) is 24.1 Å². The van der Waals surface area contributed by atoms with Gasteiger partial charge < -0.3 is 15.0 Å². The number of halogens is 1. The molecule has 25 heavy (non-hydrogen) atoms. The fourth-order valence-electron chi connectivity index (χ4n) is 2.37. The minimum absolute atomic E-state index is 0.0244. The van der Waals surface area contributed by atoms with Crippen molar-refractivity contribution in [1.82, 2.24) is 14.9 Å². The molecule has 0 aliphatic heterocycles. The van der Waals surface area contributed by atoms with E-state index in [1.54, 1.807) is 19.2 Å². The smallest absolute Gasteiger partial charge is 0.318 e. The Hall–Kier alpha value is -1.77. The Kier molecular flexibility index (Phi) is 6.69. The molecule has 0 bridgehead atoms. The quantitative estimate of drug-likeness (QED) is 0.715. The summed E-state index contributed by atoms with van der Waals surface area (Å²) in [5.41, 5.74) is 6.71. The van der Waals surface area contributed by atoms with Gasteiger partial charge in [0.25, 0.3) is 0 Å². The summed E-state index contributed by atoms with van der Waals surface area (Å²) in [6, 6.07) is 4.59. The number of carbonyl (C=O) groups excluding carboxylic acids is 2. The first-order chi connectivity index (χ1) is 11.8. The van der Waals surface area contributed by atoms with Gasteiger partial charge in [-0.15, -0.1) is 0 Å². The van der Waals surface area contributed by atoms with Gasteiger partial charge in [0.2, 0.25) is 5.91 Å². The molecule has 1 aromatic carbocycles. The number of imidazole rings is 1. The van der Waals surface area contributed by atoms with Crippen molar-refractivity contribution in [3.05, 3.63) is 23.2 Å². The van der Waals surface area contributed by atoms with Crippen LogP contribution >= 0.6 is 23.4 Å². The monoisotopic (exact) mass is 384 g/mol. The molecule has 2 aromatic rings. The predicted octanol–water partition coefficient (Wildman–Crippen LogP) is 2.65. The number of methoxy groups -OCH3 is 1. The molecule has 1 atom stereocenters. The number of aromatic nitrogens is 2. The molecule has 0 saturated carbocycles. The number of amides is 3. The lowest BCUT2D eigenvalue weighted by Gasteiger charge is -2.19. The number of nitrogens with zero attached hydrogens (tertiary/aromatic N) is 2. The Morgan fingerprint density at radius 1 is 1.44 bits per heavy atom. The van der Waals surface area contributed by atoms with Crippen molar-refractivity contribution in [3.63, 3.8) is 0 Å². The molecule has 1 aromatic heterocycles. The first kappa shape index (κ1) is 19.6. The number of thioether (sulfide) groups is 1. The van der Waals surface area contributed by atoms with Crippen LogP contribution in [-0.4, -0.2) is 40.5 Å². The highest BCUT2D eigenvalue weighted by Gasteiger charge is 2.27. The molecule has 0 radical (unpaired) electrons. The zero-order valence-electron chi connectivity index (χ0n) is 14.3. The van der Waals surface area contributed by atoms with Crippen molar-refractivity contribution < 1.29 is 14.3 Å². The fraction of sp³-hybridized carbons (Fsp3) is 0.438.